The van der Waals surface area contributed by atoms with E-state index in [0.29, 0.717) is 52.9 Å². The third kappa shape index (κ3) is 3.39. The fourth-order valence-corrected chi connectivity index (χ4v) is 3.82. The molecule has 9 heteroatoms. The first-order chi connectivity index (χ1) is 13.4. The maximum atomic E-state index is 12.8. The molecule has 0 atom stereocenters. The Balaban J connectivity index is 1.49. The van der Waals surface area contributed by atoms with Crippen molar-refractivity contribution >= 4 is 46.0 Å². The third-order valence-electron chi connectivity index (χ3n) is 4.82. The molecule has 2 amide bonds. The van der Waals surface area contributed by atoms with E-state index in [0.717, 1.165) is 5.52 Å². The predicted molar refractivity (Wildman–Crippen MR) is 109 cm³/mol. The summed E-state index contributed by atoms with van der Waals surface area (Å²) in [6, 6.07) is 10.1. The van der Waals surface area contributed by atoms with Crippen molar-refractivity contribution < 1.29 is 9.59 Å². The highest BCUT2D eigenvalue weighted by Crippen LogP contribution is 2.23. The van der Waals surface area contributed by atoms with Crippen LogP contribution in [-0.2, 0) is 0 Å². The number of halogens is 2. The van der Waals surface area contributed by atoms with Crippen LogP contribution in [0.2, 0.25) is 10.0 Å². The topological polar surface area (TPSA) is 84.5 Å². The first-order valence-corrected chi connectivity index (χ1v) is 9.46. The number of benzene rings is 2. The normalized spacial score (nSPS) is 14.5. The Labute approximate surface area is 171 Å². The summed E-state index contributed by atoms with van der Waals surface area (Å²) in [7, 11) is 0. The number of hydrogen-bond donors (Lipinski definition) is 1. The molecule has 2 heterocycles. The Bertz CT molecular complexity index is 1070. The molecule has 2 N–H and O–H groups in total. The molecule has 2 aromatic carbocycles. The Morgan fingerprint density at radius 1 is 1.00 bits per heavy atom. The summed E-state index contributed by atoms with van der Waals surface area (Å²) >= 11 is 12.1. The van der Waals surface area contributed by atoms with Gasteiger partial charge in [0, 0.05) is 23.7 Å². The number of piperazine rings is 1. The lowest BCUT2D eigenvalue weighted by Gasteiger charge is -2.36. The summed E-state index contributed by atoms with van der Waals surface area (Å²) in [4.78, 5) is 30.2. The highest BCUT2D eigenvalue weighted by molar-refractivity contribution is 6.36. The summed E-state index contributed by atoms with van der Waals surface area (Å²) in [5.41, 5.74) is 7.78. The van der Waals surface area contributed by atoms with Gasteiger partial charge in [0.2, 0.25) is 5.91 Å². The summed E-state index contributed by atoms with van der Waals surface area (Å²) in [5, 5.41) is 2.95. The third-order valence-corrected chi connectivity index (χ3v) is 5.37. The summed E-state index contributed by atoms with van der Waals surface area (Å²) < 4.78 is 1.94. The van der Waals surface area contributed by atoms with E-state index in [1.54, 1.807) is 41.6 Å². The van der Waals surface area contributed by atoms with Gasteiger partial charge in [0.05, 0.1) is 34.7 Å². The van der Waals surface area contributed by atoms with Crippen LogP contribution in [0, 0.1) is 0 Å². The van der Waals surface area contributed by atoms with Crippen LogP contribution in [0.5, 0.6) is 0 Å². The van der Waals surface area contributed by atoms with Crippen LogP contribution in [0.25, 0.3) is 11.0 Å². The molecule has 1 fully saturated rings. The number of rotatable bonds is 3. The number of nitrogens with zero attached hydrogens (tertiary/aromatic N) is 4. The fraction of sp³-hybridized carbons (Fsp3) is 0.211. The van der Waals surface area contributed by atoms with Gasteiger partial charge in [-0.15, -0.1) is 0 Å². The molecule has 0 saturated carbocycles. The number of fused-ring (bicyclic) bond motifs is 1. The van der Waals surface area contributed by atoms with Crippen molar-refractivity contribution in [3.05, 3.63) is 63.9 Å². The number of amides is 2. The molecule has 7 nitrogen and oxygen atoms in total. The average molecular weight is 418 g/mol. The van der Waals surface area contributed by atoms with Crippen molar-refractivity contribution in [2.75, 3.05) is 31.2 Å². The van der Waals surface area contributed by atoms with E-state index >= 15 is 0 Å². The minimum absolute atomic E-state index is 0.108. The monoisotopic (exact) mass is 417 g/mol. The maximum Gasteiger partial charge on any atom is 0.255 e. The van der Waals surface area contributed by atoms with E-state index < -0.39 is 5.91 Å². The highest BCUT2D eigenvalue weighted by Gasteiger charge is 2.24. The molecule has 0 spiro atoms. The molecule has 0 radical (unpaired) electrons. The van der Waals surface area contributed by atoms with E-state index in [2.05, 4.69) is 9.99 Å². The van der Waals surface area contributed by atoms with Gasteiger partial charge < -0.3 is 15.6 Å². The first-order valence-electron chi connectivity index (χ1n) is 8.70. The lowest BCUT2D eigenvalue weighted by molar-refractivity contribution is 0.0739. The molecular weight excluding hydrogens is 401 g/mol. The van der Waals surface area contributed by atoms with Crippen molar-refractivity contribution in [1.82, 2.24) is 14.6 Å². The van der Waals surface area contributed by atoms with Gasteiger partial charge in [0.25, 0.3) is 5.91 Å². The molecule has 3 aromatic rings. The van der Waals surface area contributed by atoms with Gasteiger partial charge in [-0.3, -0.25) is 9.59 Å². The lowest BCUT2D eigenvalue weighted by atomic mass is 10.2. The van der Waals surface area contributed by atoms with Gasteiger partial charge in [-0.1, -0.05) is 23.2 Å². The molecule has 1 aliphatic heterocycles. The zero-order valence-electron chi connectivity index (χ0n) is 14.8. The quantitative estimate of drug-likeness (QED) is 0.709. The van der Waals surface area contributed by atoms with E-state index in [-0.39, 0.29) is 5.91 Å². The SMILES string of the molecule is NC(=O)c1ccc2c(c1)ncn2N1CCN(C(=O)c2ccc(Cl)cc2Cl)CC1. The molecule has 4 rings (SSSR count). The number of nitrogens with two attached hydrogens (primary N) is 1. The van der Waals surface area contributed by atoms with Crippen LogP contribution in [0.3, 0.4) is 0 Å². The van der Waals surface area contributed by atoms with Gasteiger partial charge in [-0.25, -0.2) is 9.66 Å². The summed E-state index contributed by atoms with van der Waals surface area (Å²) in [6.45, 7) is 2.38. The number of carbonyl (C=O) groups is 2. The number of hydrogen-bond acceptors (Lipinski definition) is 4. The van der Waals surface area contributed by atoms with Crippen LogP contribution in [0.1, 0.15) is 20.7 Å². The van der Waals surface area contributed by atoms with Crippen molar-refractivity contribution in [3.8, 4) is 0 Å². The Kier molecular flexibility index (Phi) is 4.87. The highest BCUT2D eigenvalue weighted by atomic mass is 35.5. The molecule has 1 aliphatic rings. The van der Waals surface area contributed by atoms with Crippen LogP contribution in [-0.4, -0.2) is 52.6 Å². The fourth-order valence-electron chi connectivity index (χ4n) is 3.33. The van der Waals surface area contributed by atoms with Crippen molar-refractivity contribution in [3.63, 3.8) is 0 Å². The van der Waals surface area contributed by atoms with Crippen LogP contribution >= 0.6 is 23.2 Å². The molecule has 1 aromatic heterocycles. The Morgan fingerprint density at radius 2 is 1.75 bits per heavy atom. The van der Waals surface area contributed by atoms with Crippen molar-refractivity contribution in [1.29, 1.82) is 0 Å². The molecule has 28 heavy (non-hydrogen) atoms. The largest absolute Gasteiger partial charge is 0.366 e. The molecule has 144 valence electrons. The first kappa shape index (κ1) is 18.6. The van der Waals surface area contributed by atoms with Gasteiger partial charge in [0.1, 0.15) is 6.33 Å². The number of aromatic nitrogens is 2. The van der Waals surface area contributed by atoms with Crippen LogP contribution in [0.4, 0.5) is 0 Å². The number of imidazole rings is 1. The molecule has 0 unspecified atom stereocenters. The lowest BCUT2D eigenvalue weighted by Crippen LogP contribution is -2.52. The molecule has 0 bridgehead atoms. The van der Waals surface area contributed by atoms with E-state index in [9.17, 15) is 9.59 Å². The van der Waals surface area contributed by atoms with Gasteiger partial charge in [0.15, 0.2) is 0 Å². The van der Waals surface area contributed by atoms with Gasteiger partial charge in [-0.05, 0) is 36.4 Å². The summed E-state index contributed by atoms with van der Waals surface area (Å²) in [5.74, 6) is -0.590. The van der Waals surface area contributed by atoms with Crippen molar-refractivity contribution in [2.24, 2.45) is 5.73 Å². The second-order valence-corrected chi connectivity index (χ2v) is 7.37. The number of carbonyl (C=O) groups excluding carboxylic acids is 2. The molecule has 0 aliphatic carbocycles. The van der Waals surface area contributed by atoms with E-state index in [1.165, 1.54) is 0 Å². The predicted octanol–water partition coefficient (Wildman–Crippen LogP) is 2.54. The number of primary amides is 1. The summed E-state index contributed by atoms with van der Waals surface area (Å²) in [6.07, 6.45) is 1.71. The second-order valence-electron chi connectivity index (χ2n) is 6.53. The second kappa shape index (κ2) is 7.33. The Hall–Kier alpha value is -2.77. The smallest absolute Gasteiger partial charge is 0.255 e. The van der Waals surface area contributed by atoms with Gasteiger partial charge >= 0.3 is 0 Å². The molecular formula is C19H17Cl2N5O2. The zero-order chi connectivity index (χ0) is 19.8. The zero-order valence-corrected chi connectivity index (χ0v) is 16.3. The van der Waals surface area contributed by atoms with Crippen molar-refractivity contribution in [2.45, 2.75) is 0 Å². The maximum absolute atomic E-state index is 12.8. The van der Waals surface area contributed by atoms with E-state index in [4.69, 9.17) is 28.9 Å². The van der Waals surface area contributed by atoms with Crippen LogP contribution < -0.4 is 10.7 Å². The van der Waals surface area contributed by atoms with E-state index in [1.807, 2.05) is 10.7 Å². The minimum atomic E-state index is -0.482. The standard InChI is InChI=1S/C19H17Cl2N5O2/c20-13-2-3-14(15(21)10-13)19(28)24-5-7-25(8-6-24)26-11-23-16-9-12(18(22)27)1-4-17(16)26/h1-4,9-11H,5-8H2,(H2,22,27). The van der Waals surface area contributed by atoms with Crippen LogP contribution in [0.15, 0.2) is 42.7 Å². The minimum Gasteiger partial charge on any atom is -0.366 e. The average Bonchev–Trinajstić information content (AvgIpc) is 3.11. The Morgan fingerprint density at radius 3 is 2.43 bits per heavy atom. The van der Waals surface area contributed by atoms with Gasteiger partial charge in [-0.2, -0.15) is 0 Å². The molecule has 1 saturated heterocycles.